The number of hydrogen-bond acceptors (Lipinski definition) is 2. The van der Waals surface area contributed by atoms with Gasteiger partial charge >= 0.3 is 5.97 Å². The molecule has 1 aliphatic rings. The molecule has 0 aliphatic heterocycles. The van der Waals surface area contributed by atoms with E-state index in [9.17, 15) is 9.18 Å². The van der Waals surface area contributed by atoms with E-state index in [0.717, 1.165) is 0 Å². The normalized spacial score (nSPS) is 24.4. The van der Waals surface area contributed by atoms with Crippen molar-refractivity contribution in [1.82, 2.24) is 5.32 Å². The lowest BCUT2D eigenvalue weighted by Crippen LogP contribution is -2.21. The Morgan fingerprint density at radius 1 is 1.65 bits per heavy atom. The summed E-state index contributed by atoms with van der Waals surface area (Å²) >= 11 is 5.83. The van der Waals surface area contributed by atoms with Crippen LogP contribution in [0.4, 0.5) is 4.39 Å². The van der Waals surface area contributed by atoms with Crippen LogP contribution in [0.25, 0.3) is 0 Å². The van der Waals surface area contributed by atoms with Gasteiger partial charge in [-0.05, 0) is 37.6 Å². The molecule has 3 nitrogen and oxygen atoms in total. The van der Waals surface area contributed by atoms with E-state index >= 15 is 0 Å². The molecule has 2 rings (SSSR count). The molecule has 1 aromatic carbocycles. The second-order valence-electron chi connectivity index (χ2n) is 4.28. The van der Waals surface area contributed by atoms with Gasteiger partial charge in [0.1, 0.15) is 5.82 Å². The summed E-state index contributed by atoms with van der Waals surface area (Å²) in [5, 5.41) is 12.3. The topological polar surface area (TPSA) is 49.3 Å². The maximum Gasteiger partial charge on any atom is 0.306 e. The van der Waals surface area contributed by atoms with Gasteiger partial charge in [-0.2, -0.15) is 0 Å². The molecule has 0 heterocycles. The number of carboxylic acid groups (broad SMARTS) is 1. The summed E-state index contributed by atoms with van der Waals surface area (Å²) in [6.07, 6.45) is 0.576. The molecule has 0 amide bonds. The van der Waals surface area contributed by atoms with Gasteiger partial charge in [0.15, 0.2) is 0 Å². The van der Waals surface area contributed by atoms with Crippen molar-refractivity contribution in [3.8, 4) is 0 Å². The Labute approximate surface area is 104 Å². The van der Waals surface area contributed by atoms with Crippen molar-refractivity contribution >= 4 is 17.6 Å². The molecule has 17 heavy (non-hydrogen) atoms. The van der Waals surface area contributed by atoms with Crippen molar-refractivity contribution in [2.75, 3.05) is 7.05 Å². The number of carboxylic acids is 1. The summed E-state index contributed by atoms with van der Waals surface area (Å²) in [4.78, 5) is 10.8. The fraction of sp³-hybridized carbons (Fsp3) is 0.417. The first-order valence-electron chi connectivity index (χ1n) is 5.39. The maximum atomic E-state index is 13.7. The van der Waals surface area contributed by atoms with Gasteiger partial charge < -0.3 is 10.4 Å². The number of benzene rings is 1. The molecular weight excluding hydrogens is 245 g/mol. The smallest absolute Gasteiger partial charge is 0.306 e. The third-order valence-corrected chi connectivity index (χ3v) is 3.42. The van der Waals surface area contributed by atoms with E-state index in [4.69, 9.17) is 16.7 Å². The van der Waals surface area contributed by atoms with Crippen molar-refractivity contribution < 1.29 is 14.3 Å². The van der Waals surface area contributed by atoms with Crippen molar-refractivity contribution in [2.24, 2.45) is 11.8 Å². The van der Waals surface area contributed by atoms with E-state index < -0.39 is 5.97 Å². The van der Waals surface area contributed by atoms with Gasteiger partial charge in [0, 0.05) is 16.6 Å². The first kappa shape index (κ1) is 12.3. The molecule has 92 valence electrons. The predicted molar refractivity (Wildman–Crippen MR) is 62.4 cm³/mol. The van der Waals surface area contributed by atoms with Gasteiger partial charge in [0.2, 0.25) is 0 Å². The van der Waals surface area contributed by atoms with E-state index in [1.165, 1.54) is 12.1 Å². The fourth-order valence-electron chi connectivity index (χ4n) is 2.22. The number of halogens is 2. The minimum atomic E-state index is -0.822. The SMILES string of the molecule is CNC(c1cc(Cl)ccc1F)C1CC1C(=O)O. The first-order valence-corrected chi connectivity index (χ1v) is 5.77. The van der Waals surface area contributed by atoms with Crippen LogP contribution in [0.1, 0.15) is 18.0 Å². The standard InChI is InChI=1S/C12H13ClFNO2/c1-15-11(7-5-8(7)12(16)17)9-4-6(13)2-3-10(9)14/h2-4,7-8,11,15H,5H2,1H3,(H,16,17). The molecule has 0 radical (unpaired) electrons. The summed E-state index contributed by atoms with van der Waals surface area (Å²) < 4.78 is 13.7. The second kappa shape index (κ2) is 4.63. The van der Waals surface area contributed by atoms with Crippen LogP contribution in [0.3, 0.4) is 0 Å². The Kier molecular flexibility index (Phi) is 3.35. The third kappa shape index (κ3) is 2.42. The molecule has 3 unspecified atom stereocenters. The number of carbonyl (C=O) groups is 1. The number of rotatable bonds is 4. The Balaban J connectivity index is 2.24. The van der Waals surface area contributed by atoms with Crippen LogP contribution in [0.5, 0.6) is 0 Å². The molecule has 1 fully saturated rings. The molecule has 3 atom stereocenters. The Hall–Kier alpha value is -1.13. The molecular formula is C12H13ClFNO2. The van der Waals surface area contributed by atoms with E-state index in [-0.39, 0.29) is 23.7 Å². The highest BCUT2D eigenvalue weighted by Gasteiger charge is 2.48. The van der Waals surface area contributed by atoms with E-state index in [1.54, 1.807) is 13.1 Å². The summed E-state index contributed by atoms with van der Waals surface area (Å²) in [5.74, 6) is -1.63. The lowest BCUT2D eigenvalue weighted by molar-refractivity contribution is -0.138. The van der Waals surface area contributed by atoms with Crippen molar-refractivity contribution in [2.45, 2.75) is 12.5 Å². The zero-order valence-corrected chi connectivity index (χ0v) is 10.0. The Bertz CT molecular complexity index is 452. The average Bonchev–Trinajstić information content (AvgIpc) is 3.04. The van der Waals surface area contributed by atoms with Gasteiger partial charge in [-0.25, -0.2) is 4.39 Å². The van der Waals surface area contributed by atoms with Crippen LogP contribution < -0.4 is 5.32 Å². The molecule has 1 aromatic rings. The van der Waals surface area contributed by atoms with Gasteiger partial charge in [0.25, 0.3) is 0 Å². The van der Waals surface area contributed by atoms with E-state index in [1.807, 2.05) is 0 Å². The summed E-state index contributed by atoms with van der Waals surface area (Å²) in [7, 11) is 1.70. The van der Waals surface area contributed by atoms with Gasteiger partial charge in [-0.1, -0.05) is 11.6 Å². The molecule has 0 saturated heterocycles. The molecule has 1 aliphatic carbocycles. The zero-order valence-electron chi connectivity index (χ0n) is 9.28. The Morgan fingerprint density at radius 2 is 2.35 bits per heavy atom. The molecule has 2 N–H and O–H groups in total. The lowest BCUT2D eigenvalue weighted by atomic mass is 10.0. The van der Waals surface area contributed by atoms with Crippen LogP contribution >= 0.6 is 11.6 Å². The lowest BCUT2D eigenvalue weighted by Gasteiger charge is -2.17. The minimum Gasteiger partial charge on any atom is -0.481 e. The number of aliphatic carboxylic acids is 1. The predicted octanol–water partition coefficient (Wildman–Crippen LogP) is 2.46. The highest BCUT2D eigenvalue weighted by atomic mass is 35.5. The quantitative estimate of drug-likeness (QED) is 0.871. The van der Waals surface area contributed by atoms with Crippen LogP contribution in [0, 0.1) is 17.7 Å². The molecule has 0 spiro atoms. The highest BCUT2D eigenvalue weighted by molar-refractivity contribution is 6.30. The maximum absolute atomic E-state index is 13.7. The fourth-order valence-corrected chi connectivity index (χ4v) is 2.40. The second-order valence-corrected chi connectivity index (χ2v) is 4.71. The molecule has 5 heteroatoms. The summed E-state index contributed by atoms with van der Waals surface area (Å²) in [5.41, 5.74) is 0.439. The largest absolute Gasteiger partial charge is 0.481 e. The highest BCUT2D eigenvalue weighted by Crippen LogP contribution is 2.48. The van der Waals surface area contributed by atoms with Crippen molar-refractivity contribution in [1.29, 1.82) is 0 Å². The first-order chi connectivity index (χ1) is 8.04. The van der Waals surface area contributed by atoms with Gasteiger partial charge in [-0.3, -0.25) is 4.79 Å². The molecule has 0 bridgehead atoms. The van der Waals surface area contributed by atoms with Gasteiger partial charge in [-0.15, -0.1) is 0 Å². The van der Waals surface area contributed by atoms with Crippen LogP contribution in [-0.4, -0.2) is 18.1 Å². The van der Waals surface area contributed by atoms with Crippen molar-refractivity contribution in [3.63, 3.8) is 0 Å². The van der Waals surface area contributed by atoms with E-state index in [2.05, 4.69) is 5.32 Å². The van der Waals surface area contributed by atoms with Crippen LogP contribution in [0.15, 0.2) is 18.2 Å². The molecule has 1 saturated carbocycles. The van der Waals surface area contributed by atoms with E-state index in [0.29, 0.717) is 17.0 Å². The number of nitrogens with one attached hydrogen (secondary N) is 1. The summed E-state index contributed by atoms with van der Waals surface area (Å²) in [6, 6.07) is 4.04. The monoisotopic (exact) mass is 257 g/mol. The van der Waals surface area contributed by atoms with Gasteiger partial charge in [0.05, 0.1) is 5.92 Å². The number of hydrogen-bond donors (Lipinski definition) is 2. The van der Waals surface area contributed by atoms with Crippen molar-refractivity contribution in [3.05, 3.63) is 34.6 Å². The molecule has 0 aromatic heterocycles. The Morgan fingerprint density at radius 3 is 2.88 bits per heavy atom. The van der Waals surface area contributed by atoms with Crippen LogP contribution in [0.2, 0.25) is 5.02 Å². The average molecular weight is 258 g/mol. The zero-order chi connectivity index (χ0) is 12.6. The third-order valence-electron chi connectivity index (χ3n) is 3.19. The minimum absolute atomic E-state index is 0.0644. The summed E-state index contributed by atoms with van der Waals surface area (Å²) in [6.45, 7) is 0. The van der Waals surface area contributed by atoms with Crippen LogP contribution in [-0.2, 0) is 4.79 Å².